The van der Waals surface area contributed by atoms with Gasteiger partial charge in [-0.15, -0.1) is 0 Å². The van der Waals surface area contributed by atoms with Crippen LogP contribution in [0.15, 0.2) is 42.5 Å². The van der Waals surface area contributed by atoms with Crippen molar-refractivity contribution in [3.8, 4) is 0 Å². The zero-order chi connectivity index (χ0) is 13.4. The Hall–Kier alpha value is -1.32. The summed E-state index contributed by atoms with van der Waals surface area (Å²) < 4.78 is 0. The van der Waals surface area contributed by atoms with Crippen LogP contribution in [0.1, 0.15) is 21.5 Å². The summed E-state index contributed by atoms with van der Waals surface area (Å²) in [6.45, 7) is 0. The molecular formula is C15H11BrClNO. The third kappa shape index (κ3) is 2.40. The fourth-order valence-electron chi connectivity index (χ4n) is 2.27. The number of benzene rings is 2. The van der Waals surface area contributed by atoms with E-state index in [4.69, 9.17) is 11.6 Å². The van der Waals surface area contributed by atoms with E-state index in [1.54, 1.807) is 0 Å². The number of hydrogen-bond acceptors (Lipinski definition) is 1. The molecule has 96 valence electrons. The first kappa shape index (κ1) is 12.7. The molecule has 1 aliphatic heterocycles. The lowest BCUT2D eigenvalue weighted by Crippen LogP contribution is -2.03. The average Bonchev–Trinajstić information content (AvgIpc) is 2.77. The van der Waals surface area contributed by atoms with Crippen LogP contribution in [-0.4, -0.2) is 5.91 Å². The molecule has 3 rings (SSSR count). The summed E-state index contributed by atoms with van der Waals surface area (Å²) in [5.41, 5.74) is 4.08. The fraction of sp³-hybridized carbons (Fsp3) is 0.133. The van der Waals surface area contributed by atoms with Crippen molar-refractivity contribution in [3.63, 3.8) is 0 Å². The van der Waals surface area contributed by atoms with Gasteiger partial charge in [-0.25, -0.2) is 0 Å². The maximum atomic E-state index is 11.4. The minimum absolute atomic E-state index is 0.0298. The number of rotatable bonds is 2. The average molecular weight is 337 g/mol. The molecule has 0 spiro atoms. The number of halogens is 2. The highest BCUT2D eigenvalue weighted by Gasteiger charge is 2.20. The maximum absolute atomic E-state index is 11.4. The van der Waals surface area contributed by atoms with Crippen LogP contribution in [0.2, 0.25) is 5.02 Å². The first-order valence-corrected chi connectivity index (χ1v) is 7.25. The Kier molecular flexibility index (Phi) is 3.33. The smallest absolute Gasteiger partial charge is 0.228 e. The predicted molar refractivity (Wildman–Crippen MR) is 81.0 cm³/mol. The van der Waals surface area contributed by atoms with Gasteiger partial charge in [0.2, 0.25) is 5.91 Å². The number of carbonyl (C=O) groups is 1. The van der Waals surface area contributed by atoms with Crippen molar-refractivity contribution in [2.75, 3.05) is 5.32 Å². The first-order chi connectivity index (χ1) is 9.15. The predicted octanol–water partition coefficient (Wildman–Crippen LogP) is 4.32. The van der Waals surface area contributed by atoms with Gasteiger partial charge in [-0.2, -0.15) is 0 Å². The second kappa shape index (κ2) is 4.99. The van der Waals surface area contributed by atoms with Gasteiger partial charge >= 0.3 is 0 Å². The number of anilines is 1. The Balaban J connectivity index is 1.97. The normalized spacial score (nSPS) is 14.9. The lowest BCUT2D eigenvalue weighted by atomic mass is 10.0. The molecule has 2 nitrogen and oxygen atoms in total. The number of carbonyl (C=O) groups excluding carboxylic acids is 1. The topological polar surface area (TPSA) is 29.1 Å². The molecule has 1 N–H and O–H groups in total. The highest BCUT2D eigenvalue weighted by Crippen LogP contribution is 2.37. The largest absolute Gasteiger partial charge is 0.326 e. The zero-order valence-corrected chi connectivity index (χ0v) is 12.3. The van der Waals surface area contributed by atoms with Crippen LogP contribution in [0.5, 0.6) is 0 Å². The van der Waals surface area contributed by atoms with E-state index in [1.165, 1.54) is 0 Å². The van der Waals surface area contributed by atoms with Crippen LogP contribution < -0.4 is 5.32 Å². The third-order valence-corrected chi connectivity index (χ3v) is 4.59. The molecule has 0 saturated carbocycles. The van der Waals surface area contributed by atoms with Gasteiger partial charge in [0.05, 0.1) is 11.2 Å². The van der Waals surface area contributed by atoms with Gasteiger partial charge in [-0.05, 0) is 28.8 Å². The van der Waals surface area contributed by atoms with E-state index < -0.39 is 0 Å². The van der Waals surface area contributed by atoms with Gasteiger partial charge in [0, 0.05) is 10.7 Å². The molecule has 0 bridgehead atoms. The van der Waals surface area contributed by atoms with E-state index in [9.17, 15) is 4.79 Å². The summed E-state index contributed by atoms with van der Waals surface area (Å²) in [5, 5.41) is 3.57. The quantitative estimate of drug-likeness (QED) is 0.813. The third-order valence-electron chi connectivity index (χ3n) is 3.23. The van der Waals surface area contributed by atoms with Crippen LogP contribution in [0.3, 0.4) is 0 Å². The molecular weight excluding hydrogens is 326 g/mol. The number of amides is 1. The molecule has 1 aliphatic rings. The van der Waals surface area contributed by atoms with Crippen LogP contribution in [0.25, 0.3) is 0 Å². The van der Waals surface area contributed by atoms with Crippen molar-refractivity contribution in [2.24, 2.45) is 0 Å². The monoisotopic (exact) mass is 335 g/mol. The van der Waals surface area contributed by atoms with Crippen molar-refractivity contribution in [2.45, 2.75) is 11.2 Å². The molecule has 1 atom stereocenters. The second-order valence-electron chi connectivity index (χ2n) is 4.53. The van der Waals surface area contributed by atoms with Gasteiger partial charge in [-0.1, -0.05) is 57.9 Å². The van der Waals surface area contributed by atoms with E-state index in [0.717, 1.165) is 27.4 Å². The number of fused-ring (bicyclic) bond motifs is 1. The van der Waals surface area contributed by atoms with E-state index in [1.807, 2.05) is 36.4 Å². The van der Waals surface area contributed by atoms with Gasteiger partial charge in [0.1, 0.15) is 0 Å². The molecule has 2 aromatic rings. The van der Waals surface area contributed by atoms with Crippen LogP contribution >= 0.6 is 27.5 Å². The highest BCUT2D eigenvalue weighted by atomic mass is 79.9. The summed E-state index contributed by atoms with van der Waals surface area (Å²) in [4.78, 5) is 11.4. The number of nitrogens with one attached hydrogen (secondary N) is 1. The van der Waals surface area contributed by atoms with Crippen molar-refractivity contribution in [1.82, 2.24) is 0 Å². The van der Waals surface area contributed by atoms with Crippen LogP contribution in [-0.2, 0) is 11.2 Å². The molecule has 1 unspecified atom stereocenters. The Bertz CT molecular complexity index is 656. The Morgan fingerprint density at radius 3 is 2.79 bits per heavy atom. The maximum Gasteiger partial charge on any atom is 0.228 e. The number of hydrogen-bond donors (Lipinski definition) is 1. The molecule has 0 aliphatic carbocycles. The molecule has 2 aromatic carbocycles. The molecule has 0 fully saturated rings. The van der Waals surface area contributed by atoms with E-state index in [0.29, 0.717) is 6.42 Å². The number of alkyl halides is 1. The first-order valence-electron chi connectivity index (χ1n) is 5.96. The van der Waals surface area contributed by atoms with Gasteiger partial charge in [-0.3, -0.25) is 4.79 Å². The van der Waals surface area contributed by atoms with Gasteiger partial charge in [0.25, 0.3) is 0 Å². The summed E-state index contributed by atoms with van der Waals surface area (Å²) in [7, 11) is 0. The Morgan fingerprint density at radius 2 is 2.00 bits per heavy atom. The highest BCUT2D eigenvalue weighted by molar-refractivity contribution is 9.09. The lowest BCUT2D eigenvalue weighted by molar-refractivity contribution is -0.115. The standard InChI is InChI=1S/C15H11BrClNO/c16-15(11-3-1-2-4-12(11)17)9-5-6-13-10(7-9)8-14(19)18-13/h1-7,15H,8H2,(H,18,19). The van der Waals surface area contributed by atoms with E-state index in [-0.39, 0.29) is 10.7 Å². The second-order valence-corrected chi connectivity index (χ2v) is 5.85. The van der Waals surface area contributed by atoms with Crippen molar-refractivity contribution >= 4 is 39.1 Å². The zero-order valence-electron chi connectivity index (χ0n) is 9.99. The SMILES string of the molecule is O=C1Cc2cc(C(Br)c3ccccc3Cl)ccc2N1. The van der Waals surface area contributed by atoms with Crippen LogP contribution in [0, 0.1) is 0 Å². The van der Waals surface area contributed by atoms with Crippen molar-refractivity contribution in [3.05, 3.63) is 64.2 Å². The summed E-state index contributed by atoms with van der Waals surface area (Å²) in [6.07, 6.45) is 0.450. The summed E-state index contributed by atoms with van der Waals surface area (Å²) in [5.74, 6) is 0.0519. The molecule has 0 saturated heterocycles. The van der Waals surface area contributed by atoms with Crippen molar-refractivity contribution in [1.29, 1.82) is 0 Å². The van der Waals surface area contributed by atoms with E-state index in [2.05, 4.69) is 27.3 Å². The Morgan fingerprint density at radius 1 is 1.21 bits per heavy atom. The Labute approximate surface area is 124 Å². The minimum atomic E-state index is 0.0298. The minimum Gasteiger partial charge on any atom is -0.326 e. The molecule has 19 heavy (non-hydrogen) atoms. The molecule has 1 heterocycles. The lowest BCUT2D eigenvalue weighted by Gasteiger charge is -2.13. The van der Waals surface area contributed by atoms with Crippen LogP contribution in [0.4, 0.5) is 5.69 Å². The van der Waals surface area contributed by atoms with Gasteiger partial charge < -0.3 is 5.32 Å². The summed E-state index contributed by atoms with van der Waals surface area (Å²) >= 11 is 9.89. The van der Waals surface area contributed by atoms with Crippen molar-refractivity contribution < 1.29 is 4.79 Å². The molecule has 0 radical (unpaired) electrons. The van der Waals surface area contributed by atoms with E-state index >= 15 is 0 Å². The summed E-state index contributed by atoms with van der Waals surface area (Å²) in [6, 6.07) is 13.8. The fourth-order valence-corrected chi connectivity index (χ4v) is 3.33. The molecule has 4 heteroatoms. The van der Waals surface area contributed by atoms with Gasteiger partial charge in [0.15, 0.2) is 0 Å². The molecule has 0 aromatic heterocycles. The molecule has 1 amide bonds.